The zero-order valence-electron chi connectivity index (χ0n) is 10.3. The number of nitrogens with zero attached hydrogens (tertiary/aromatic N) is 1. The summed E-state index contributed by atoms with van der Waals surface area (Å²) in [6.45, 7) is 0. The number of carbonyl (C=O) groups is 1. The predicted octanol–water partition coefficient (Wildman–Crippen LogP) is 4.08. The molecule has 4 nitrogen and oxygen atoms in total. The monoisotopic (exact) mass is 330 g/mol. The molecule has 20 heavy (non-hydrogen) atoms. The van der Waals surface area contributed by atoms with Gasteiger partial charge >= 0.3 is 5.97 Å². The minimum absolute atomic E-state index is 0.110. The summed E-state index contributed by atoms with van der Waals surface area (Å²) in [5.74, 6) is -0.458. The quantitative estimate of drug-likeness (QED) is 0.665. The number of nitrogens with two attached hydrogens (primary N) is 1. The van der Waals surface area contributed by atoms with Crippen LogP contribution in [0.25, 0.3) is 11.1 Å². The summed E-state index contributed by atoms with van der Waals surface area (Å²) in [6, 6.07) is 4.60. The number of carbonyl (C=O) groups excluding carboxylic acids is 1. The van der Waals surface area contributed by atoms with E-state index in [1.807, 2.05) is 0 Å². The van der Waals surface area contributed by atoms with E-state index in [1.165, 1.54) is 19.4 Å². The van der Waals surface area contributed by atoms with Gasteiger partial charge in [-0.2, -0.15) is 0 Å². The first-order chi connectivity index (χ1) is 9.47. The average molecular weight is 332 g/mol. The minimum Gasteiger partial charge on any atom is -0.465 e. The Bertz CT molecular complexity index is 690. The van der Waals surface area contributed by atoms with Gasteiger partial charge in [0.05, 0.1) is 27.7 Å². The van der Waals surface area contributed by atoms with Crippen molar-refractivity contribution in [3.8, 4) is 11.1 Å². The van der Waals surface area contributed by atoms with Gasteiger partial charge in [-0.05, 0) is 18.2 Å². The van der Waals surface area contributed by atoms with E-state index in [2.05, 4.69) is 4.98 Å². The van der Waals surface area contributed by atoms with E-state index in [0.717, 1.165) is 0 Å². The number of aromatic nitrogens is 1. The lowest BCUT2D eigenvalue weighted by Crippen LogP contribution is -2.07. The normalized spacial score (nSPS) is 10.4. The Morgan fingerprint density at radius 3 is 2.45 bits per heavy atom. The predicted molar refractivity (Wildman–Crippen MR) is 80.5 cm³/mol. The number of ether oxygens (including phenoxy) is 1. The number of pyridine rings is 1. The van der Waals surface area contributed by atoms with Crippen molar-refractivity contribution in [2.45, 2.75) is 0 Å². The van der Waals surface area contributed by atoms with E-state index in [-0.39, 0.29) is 16.4 Å². The van der Waals surface area contributed by atoms with Crippen LogP contribution < -0.4 is 5.73 Å². The molecular weight excluding hydrogens is 323 g/mol. The fourth-order valence-electron chi connectivity index (χ4n) is 1.78. The van der Waals surface area contributed by atoms with Gasteiger partial charge in [0.15, 0.2) is 0 Å². The van der Waals surface area contributed by atoms with Crippen molar-refractivity contribution in [1.29, 1.82) is 0 Å². The van der Waals surface area contributed by atoms with Crippen molar-refractivity contribution in [3.63, 3.8) is 0 Å². The molecule has 0 atom stereocenters. The number of esters is 1. The molecule has 0 aliphatic carbocycles. The molecule has 0 bridgehead atoms. The maximum atomic E-state index is 11.8. The summed E-state index contributed by atoms with van der Waals surface area (Å²) in [6.07, 6.45) is 1.40. The molecule has 0 saturated carbocycles. The van der Waals surface area contributed by atoms with Gasteiger partial charge in [-0.1, -0.05) is 34.8 Å². The molecule has 0 amide bonds. The second-order valence-corrected chi connectivity index (χ2v) is 5.02. The van der Waals surface area contributed by atoms with Gasteiger partial charge < -0.3 is 10.5 Å². The van der Waals surface area contributed by atoms with Crippen LogP contribution in [0.2, 0.25) is 15.1 Å². The molecule has 1 aromatic carbocycles. The summed E-state index contributed by atoms with van der Waals surface area (Å²) in [4.78, 5) is 15.8. The summed E-state index contributed by atoms with van der Waals surface area (Å²) >= 11 is 18.3. The topological polar surface area (TPSA) is 65.2 Å². The second-order valence-electron chi connectivity index (χ2n) is 3.83. The number of hydrogen-bond acceptors (Lipinski definition) is 4. The maximum Gasteiger partial charge on any atom is 0.338 e. The molecule has 0 fully saturated rings. The average Bonchev–Trinajstić information content (AvgIpc) is 2.44. The highest BCUT2D eigenvalue weighted by molar-refractivity contribution is 6.46. The van der Waals surface area contributed by atoms with Crippen LogP contribution in [0.1, 0.15) is 10.4 Å². The van der Waals surface area contributed by atoms with Crippen LogP contribution in [0.5, 0.6) is 0 Å². The molecule has 2 N–H and O–H groups in total. The molecule has 0 aliphatic heterocycles. The van der Waals surface area contributed by atoms with Crippen molar-refractivity contribution in [2.24, 2.45) is 0 Å². The molecule has 2 rings (SSSR count). The first-order valence-corrected chi connectivity index (χ1v) is 6.57. The Balaban J connectivity index is 2.83. The minimum atomic E-state index is -0.568. The SMILES string of the molecule is COC(=O)c1ccnc(N)c1-c1c(Cl)ccc(Cl)c1Cl. The lowest BCUT2D eigenvalue weighted by molar-refractivity contribution is 0.0601. The molecule has 0 spiro atoms. The fraction of sp³-hybridized carbons (Fsp3) is 0.0769. The van der Waals surface area contributed by atoms with E-state index in [4.69, 9.17) is 45.3 Å². The van der Waals surface area contributed by atoms with Crippen LogP contribution in [-0.2, 0) is 4.74 Å². The summed E-state index contributed by atoms with van der Waals surface area (Å²) in [5.41, 5.74) is 6.72. The van der Waals surface area contributed by atoms with Crippen molar-refractivity contribution in [2.75, 3.05) is 12.8 Å². The van der Waals surface area contributed by atoms with E-state index in [1.54, 1.807) is 12.1 Å². The van der Waals surface area contributed by atoms with Crippen LogP contribution in [0.4, 0.5) is 5.82 Å². The Morgan fingerprint density at radius 1 is 1.15 bits per heavy atom. The third-order valence-corrected chi connectivity index (χ3v) is 3.80. The zero-order chi connectivity index (χ0) is 14.9. The van der Waals surface area contributed by atoms with Gasteiger partial charge in [0.1, 0.15) is 5.82 Å². The van der Waals surface area contributed by atoms with Crippen LogP contribution in [0.3, 0.4) is 0 Å². The fourth-order valence-corrected chi connectivity index (χ4v) is 2.49. The number of nitrogen functional groups attached to an aromatic ring is 1. The Hall–Kier alpha value is -1.49. The third kappa shape index (κ3) is 2.54. The number of benzene rings is 1. The highest BCUT2D eigenvalue weighted by Gasteiger charge is 2.22. The van der Waals surface area contributed by atoms with Crippen LogP contribution >= 0.6 is 34.8 Å². The molecule has 7 heteroatoms. The largest absolute Gasteiger partial charge is 0.465 e. The summed E-state index contributed by atoms with van der Waals surface area (Å²) < 4.78 is 4.72. The van der Waals surface area contributed by atoms with Crippen molar-refractivity contribution in [3.05, 3.63) is 45.0 Å². The highest BCUT2D eigenvalue weighted by atomic mass is 35.5. The lowest BCUT2D eigenvalue weighted by Gasteiger charge is -2.14. The molecular formula is C13H9Cl3N2O2. The Morgan fingerprint density at radius 2 is 1.80 bits per heavy atom. The highest BCUT2D eigenvalue weighted by Crippen LogP contribution is 2.42. The van der Waals surface area contributed by atoms with Gasteiger partial charge in [0.2, 0.25) is 0 Å². The Kier molecular flexibility index (Phi) is 4.38. The molecule has 1 heterocycles. The number of anilines is 1. The molecule has 0 unspecified atom stereocenters. The van der Waals surface area contributed by atoms with Crippen molar-refractivity contribution in [1.82, 2.24) is 4.98 Å². The number of halogens is 3. The number of rotatable bonds is 2. The number of methoxy groups -OCH3 is 1. The molecule has 2 aromatic rings. The lowest BCUT2D eigenvalue weighted by atomic mass is 10.0. The Labute approximate surface area is 130 Å². The van der Waals surface area contributed by atoms with Gasteiger partial charge in [-0.25, -0.2) is 9.78 Å². The van der Waals surface area contributed by atoms with Gasteiger partial charge in [0.25, 0.3) is 0 Å². The van der Waals surface area contributed by atoms with Crippen LogP contribution in [-0.4, -0.2) is 18.1 Å². The molecule has 1 aromatic heterocycles. The van der Waals surface area contributed by atoms with E-state index >= 15 is 0 Å². The molecule has 0 saturated heterocycles. The maximum absolute atomic E-state index is 11.8. The standard InChI is InChI=1S/C13H9Cl3N2O2/c1-20-13(19)6-4-5-18-12(17)9(6)10-7(14)2-3-8(15)11(10)16/h2-5H,1H3,(H2,17,18). The van der Waals surface area contributed by atoms with Crippen LogP contribution in [0, 0.1) is 0 Å². The molecule has 0 radical (unpaired) electrons. The van der Waals surface area contributed by atoms with Gasteiger partial charge in [0, 0.05) is 17.3 Å². The third-order valence-electron chi connectivity index (χ3n) is 2.68. The summed E-state index contributed by atoms with van der Waals surface area (Å²) in [5, 5.41) is 0.804. The zero-order valence-corrected chi connectivity index (χ0v) is 12.6. The molecule has 0 aliphatic rings. The van der Waals surface area contributed by atoms with Gasteiger partial charge in [-0.15, -0.1) is 0 Å². The van der Waals surface area contributed by atoms with Crippen molar-refractivity contribution < 1.29 is 9.53 Å². The van der Waals surface area contributed by atoms with E-state index < -0.39 is 5.97 Å². The summed E-state index contributed by atoms with van der Waals surface area (Å²) in [7, 11) is 1.27. The first kappa shape index (κ1) is 14.9. The van der Waals surface area contributed by atoms with E-state index in [0.29, 0.717) is 21.2 Å². The first-order valence-electron chi connectivity index (χ1n) is 5.44. The second kappa shape index (κ2) is 5.87. The van der Waals surface area contributed by atoms with E-state index in [9.17, 15) is 4.79 Å². The van der Waals surface area contributed by atoms with Crippen LogP contribution in [0.15, 0.2) is 24.4 Å². The smallest absolute Gasteiger partial charge is 0.338 e. The van der Waals surface area contributed by atoms with Gasteiger partial charge in [-0.3, -0.25) is 0 Å². The van der Waals surface area contributed by atoms with Crippen molar-refractivity contribution >= 4 is 46.6 Å². The number of hydrogen-bond donors (Lipinski definition) is 1. The molecule has 104 valence electrons.